The highest BCUT2D eigenvalue weighted by Gasteiger charge is 2.20. The van der Waals surface area contributed by atoms with E-state index in [2.05, 4.69) is 5.32 Å². The van der Waals surface area contributed by atoms with Crippen molar-refractivity contribution in [1.82, 2.24) is 10.2 Å². The number of benzene rings is 1. The quantitative estimate of drug-likeness (QED) is 0.790. The molecule has 1 atom stereocenters. The summed E-state index contributed by atoms with van der Waals surface area (Å²) in [5, 5.41) is 3.85. The van der Waals surface area contributed by atoms with Crippen LogP contribution >= 0.6 is 23.2 Å². The highest BCUT2D eigenvalue weighted by molar-refractivity contribution is 6.42. The largest absolute Gasteiger partial charge is 0.347 e. The van der Waals surface area contributed by atoms with E-state index in [0.717, 1.165) is 10.5 Å². The normalized spacial score (nSPS) is 12.6. The Bertz CT molecular complexity index is 600. The van der Waals surface area contributed by atoms with E-state index in [9.17, 15) is 9.59 Å². The maximum atomic E-state index is 12.3. The van der Waals surface area contributed by atoms with Gasteiger partial charge in [-0.2, -0.15) is 0 Å². The highest BCUT2D eigenvalue weighted by Crippen LogP contribution is 2.23. The van der Waals surface area contributed by atoms with Crippen molar-refractivity contribution in [1.29, 1.82) is 0 Å². The molecular weight excluding hydrogens is 349 g/mol. The van der Waals surface area contributed by atoms with Gasteiger partial charge in [-0.3, -0.25) is 9.59 Å². The van der Waals surface area contributed by atoms with Crippen LogP contribution in [0.2, 0.25) is 10.0 Å². The van der Waals surface area contributed by atoms with Gasteiger partial charge in [-0.1, -0.05) is 29.3 Å². The van der Waals surface area contributed by atoms with E-state index in [1.807, 2.05) is 33.9 Å². The van der Waals surface area contributed by atoms with Crippen molar-refractivity contribution in [3.8, 4) is 0 Å². The number of carbonyl (C=O) groups excluding carboxylic acids is 2. The lowest BCUT2D eigenvalue weighted by Gasteiger charge is -2.23. The van der Waals surface area contributed by atoms with Crippen LogP contribution < -0.4 is 10.2 Å². The summed E-state index contributed by atoms with van der Waals surface area (Å²) in [7, 11) is 3.56. The van der Waals surface area contributed by atoms with E-state index >= 15 is 0 Å². The lowest BCUT2D eigenvalue weighted by Crippen LogP contribution is -3.11. The Morgan fingerprint density at radius 3 is 2.33 bits per heavy atom. The predicted molar refractivity (Wildman–Crippen MR) is 97.5 cm³/mol. The zero-order valence-corrected chi connectivity index (χ0v) is 16.4. The molecule has 0 aliphatic heterocycles. The third kappa shape index (κ3) is 7.51. The first kappa shape index (κ1) is 20.7. The molecule has 1 aromatic carbocycles. The molecule has 7 heteroatoms. The van der Waals surface area contributed by atoms with E-state index < -0.39 is 0 Å². The third-order valence-electron chi connectivity index (χ3n) is 3.26. The molecule has 0 radical (unpaired) electrons. The number of likely N-dealkylation sites (N-methyl/N-ethyl adjacent to an activating group) is 2. The molecule has 5 nitrogen and oxygen atoms in total. The number of rotatable bonds is 6. The summed E-state index contributed by atoms with van der Waals surface area (Å²) in [4.78, 5) is 26.6. The minimum atomic E-state index is -0.272. The fraction of sp³-hybridized carbons (Fsp3) is 0.529. The molecule has 2 N–H and O–H groups in total. The van der Waals surface area contributed by atoms with E-state index in [1.54, 1.807) is 24.1 Å². The maximum Gasteiger partial charge on any atom is 0.277 e. The summed E-state index contributed by atoms with van der Waals surface area (Å²) >= 11 is 11.9. The van der Waals surface area contributed by atoms with E-state index in [-0.39, 0.29) is 30.4 Å². The average Bonchev–Trinajstić information content (AvgIpc) is 2.40. The molecule has 1 aromatic rings. The van der Waals surface area contributed by atoms with Gasteiger partial charge < -0.3 is 15.1 Å². The highest BCUT2D eigenvalue weighted by atomic mass is 35.5. The van der Waals surface area contributed by atoms with Crippen LogP contribution in [0.15, 0.2) is 18.2 Å². The van der Waals surface area contributed by atoms with Crippen LogP contribution in [0.5, 0.6) is 0 Å². The standard InChI is InChI=1S/C17H25Cl2N3O2/c1-17(2,3)20-15(23)10-21(4)11-16(24)22(5)9-12-6-7-13(18)14(19)8-12/h6-8H,9-11H2,1-5H3,(H,20,23)/p+1. The molecule has 0 saturated heterocycles. The number of halogens is 2. The monoisotopic (exact) mass is 374 g/mol. The van der Waals surface area contributed by atoms with Crippen molar-refractivity contribution < 1.29 is 14.5 Å². The fourth-order valence-electron chi connectivity index (χ4n) is 2.19. The Morgan fingerprint density at radius 1 is 1.17 bits per heavy atom. The van der Waals surface area contributed by atoms with Crippen LogP contribution in [-0.4, -0.2) is 49.4 Å². The average molecular weight is 375 g/mol. The van der Waals surface area contributed by atoms with Gasteiger partial charge in [-0.15, -0.1) is 0 Å². The molecule has 134 valence electrons. The van der Waals surface area contributed by atoms with Gasteiger partial charge in [0.25, 0.3) is 11.8 Å². The zero-order valence-electron chi connectivity index (χ0n) is 14.9. The van der Waals surface area contributed by atoms with Gasteiger partial charge in [0.05, 0.1) is 17.1 Å². The molecule has 0 bridgehead atoms. The molecular formula is C17H26Cl2N3O2+. The summed E-state index contributed by atoms with van der Waals surface area (Å²) in [6, 6.07) is 5.30. The van der Waals surface area contributed by atoms with Gasteiger partial charge in [0.1, 0.15) is 0 Å². The van der Waals surface area contributed by atoms with Crippen molar-refractivity contribution in [2.24, 2.45) is 0 Å². The molecule has 0 aromatic heterocycles. The van der Waals surface area contributed by atoms with Crippen LogP contribution in [0.3, 0.4) is 0 Å². The number of quaternary nitrogens is 1. The first-order chi connectivity index (χ1) is 11.0. The van der Waals surface area contributed by atoms with Crippen molar-refractivity contribution in [3.63, 3.8) is 0 Å². The molecule has 24 heavy (non-hydrogen) atoms. The molecule has 0 aliphatic carbocycles. The predicted octanol–water partition coefficient (Wildman–Crippen LogP) is 1.38. The summed E-state index contributed by atoms with van der Waals surface area (Å²) < 4.78 is 0. The molecule has 1 rings (SSSR count). The van der Waals surface area contributed by atoms with E-state index in [0.29, 0.717) is 16.6 Å². The van der Waals surface area contributed by atoms with Gasteiger partial charge in [-0.25, -0.2) is 0 Å². The van der Waals surface area contributed by atoms with Crippen molar-refractivity contribution >= 4 is 35.0 Å². The van der Waals surface area contributed by atoms with Crippen molar-refractivity contribution in [3.05, 3.63) is 33.8 Å². The maximum absolute atomic E-state index is 12.3. The molecule has 2 amide bonds. The SMILES string of the molecule is CN(Cc1ccc(Cl)c(Cl)c1)C(=O)C[NH+](C)CC(=O)NC(C)(C)C. The minimum absolute atomic E-state index is 0.0397. The molecule has 1 unspecified atom stereocenters. The number of amides is 2. The molecule has 0 saturated carbocycles. The molecule has 0 fully saturated rings. The summed E-state index contributed by atoms with van der Waals surface area (Å²) in [5.74, 6) is -0.109. The number of hydrogen-bond donors (Lipinski definition) is 2. The number of nitrogens with one attached hydrogen (secondary N) is 2. The lowest BCUT2D eigenvalue weighted by atomic mass is 10.1. The van der Waals surface area contributed by atoms with Crippen LogP contribution in [-0.2, 0) is 16.1 Å². The second-order valence-electron chi connectivity index (χ2n) is 7.11. The van der Waals surface area contributed by atoms with Gasteiger partial charge in [0.2, 0.25) is 0 Å². The van der Waals surface area contributed by atoms with Crippen LogP contribution in [0.1, 0.15) is 26.3 Å². The zero-order chi connectivity index (χ0) is 18.5. The Kier molecular flexibility index (Phi) is 7.52. The van der Waals surface area contributed by atoms with Gasteiger partial charge >= 0.3 is 0 Å². The Balaban J connectivity index is 2.51. The number of nitrogens with zero attached hydrogens (tertiary/aromatic N) is 1. The van der Waals surface area contributed by atoms with Crippen molar-refractivity contribution in [2.75, 3.05) is 27.2 Å². The van der Waals surface area contributed by atoms with Crippen LogP contribution in [0.4, 0.5) is 0 Å². The van der Waals surface area contributed by atoms with Gasteiger partial charge in [-0.05, 0) is 38.5 Å². The van der Waals surface area contributed by atoms with Crippen LogP contribution in [0, 0.1) is 0 Å². The van der Waals surface area contributed by atoms with Gasteiger partial charge in [0, 0.05) is 19.1 Å². The molecule has 0 heterocycles. The summed E-state index contributed by atoms with van der Waals surface area (Å²) in [6.45, 7) is 6.72. The van der Waals surface area contributed by atoms with Crippen molar-refractivity contribution in [2.45, 2.75) is 32.9 Å². The second-order valence-corrected chi connectivity index (χ2v) is 7.92. The lowest BCUT2D eigenvalue weighted by molar-refractivity contribution is -0.863. The smallest absolute Gasteiger partial charge is 0.277 e. The summed E-state index contributed by atoms with van der Waals surface area (Å²) in [6.07, 6.45) is 0. The van der Waals surface area contributed by atoms with E-state index in [4.69, 9.17) is 23.2 Å². The first-order valence-electron chi connectivity index (χ1n) is 7.78. The Labute approximate surface area is 153 Å². The van der Waals surface area contributed by atoms with E-state index in [1.165, 1.54) is 0 Å². The topological polar surface area (TPSA) is 53.9 Å². The molecule has 0 aliphatic rings. The second kappa shape index (κ2) is 8.70. The Hall–Kier alpha value is -1.30. The summed E-state index contributed by atoms with van der Waals surface area (Å²) in [5.41, 5.74) is 0.634. The molecule has 0 spiro atoms. The number of hydrogen-bond acceptors (Lipinski definition) is 2. The van der Waals surface area contributed by atoms with Gasteiger partial charge in [0.15, 0.2) is 13.1 Å². The third-order valence-corrected chi connectivity index (χ3v) is 4.00. The fourth-order valence-corrected chi connectivity index (χ4v) is 2.51. The Morgan fingerprint density at radius 2 is 1.79 bits per heavy atom. The minimum Gasteiger partial charge on any atom is -0.347 e. The number of carbonyl (C=O) groups is 2. The van der Waals surface area contributed by atoms with Crippen LogP contribution in [0.25, 0.3) is 0 Å². The first-order valence-corrected chi connectivity index (χ1v) is 8.53.